The molecule has 7 heteroatoms. The first-order valence-electron chi connectivity index (χ1n) is 6.78. The fourth-order valence-electron chi connectivity index (χ4n) is 2.11. The molecule has 0 aliphatic rings. The summed E-state index contributed by atoms with van der Waals surface area (Å²) in [4.78, 5) is 24.2. The maximum Gasteiger partial charge on any atom is 0.351 e. The minimum absolute atomic E-state index is 0.0333. The molecule has 0 atom stereocenters. The molecule has 0 saturated heterocycles. The van der Waals surface area contributed by atoms with Gasteiger partial charge in [0.15, 0.2) is 0 Å². The van der Waals surface area contributed by atoms with E-state index < -0.39 is 17.4 Å². The zero-order chi connectivity index (χ0) is 17.3. The molecule has 0 aliphatic carbocycles. The Morgan fingerprint density at radius 2 is 2.00 bits per heavy atom. The minimum Gasteiger partial charge on any atom is -0.422 e. The van der Waals surface area contributed by atoms with Gasteiger partial charge in [0.2, 0.25) is 0 Å². The molecule has 0 fully saturated rings. The Balaban J connectivity index is 2.01. The molecule has 0 saturated carbocycles. The minimum atomic E-state index is -0.937. The van der Waals surface area contributed by atoms with Gasteiger partial charge in [-0.1, -0.05) is 6.07 Å². The van der Waals surface area contributed by atoms with Gasteiger partial charge in [0, 0.05) is 17.3 Å². The molecule has 0 radical (unpaired) electrons. The second-order valence-corrected chi connectivity index (χ2v) is 6.04. The largest absolute Gasteiger partial charge is 0.422 e. The van der Waals surface area contributed by atoms with Crippen LogP contribution in [0.4, 0.5) is 4.39 Å². The Labute approximate surface area is 148 Å². The molecular formula is C17H9BrClFO4. The van der Waals surface area contributed by atoms with Crippen molar-refractivity contribution in [3.63, 3.8) is 0 Å². The monoisotopic (exact) mass is 410 g/mol. The van der Waals surface area contributed by atoms with Crippen LogP contribution in [0.15, 0.2) is 56.1 Å². The third kappa shape index (κ3) is 3.34. The first-order chi connectivity index (χ1) is 11.5. The molecular weight excluding hydrogens is 403 g/mol. The quantitative estimate of drug-likeness (QED) is 0.272. The zero-order valence-electron chi connectivity index (χ0n) is 12.0. The van der Waals surface area contributed by atoms with E-state index in [1.807, 2.05) is 0 Å². The van der Waals surface area contributed by atoms with Gasteiger partial charge in [-0.25, -0.2) is 14.0 Å². The average Bonchev–Trinajstić information content (AvgIpc) is 2.57. The highest BCUT2D eigenvalue weighted by Gasteiger charge is 2.18. The Hall–Kier alpha value is -2.18. The van der Waals surface area contributed by atoms with E-state index in [-0.39, 0.29) is 17.2 Å². The molecule has 3 rings (SSSR count). The lowest BCUT2D eigenvalue weighted by Crippen LogP contribution is -2.19. The summed E-state index contributed by atoms with van der Waals surface area (Å²) >= 11 is 8.92. The van der Waals surface area contributed by atoms with Crippen molar-refractivity contribution in [2.75, 3.05) is 0 Å². The summed E-state index contributed by atoms with van der Waals surface area (Å²) in [6, 6.07) is 10.0. The van der Waals surface area contributed by atoms with Gasteiger partial charge in [0.25, 0.3) is 0 Å². The molecule has 1 heterocycles. The molecule has 24 heavy (non-hydrogen) atoms. The van der Waals surface area contributed by atoms with Gasteiger partial charge in [-0.2, -0.15) is 0 Å². The van der Waals surface area contributed by atoms with Crippen LogP contribution < -0.4 is 10.4 Å². The lowest BCUT2D eigenvalue weighted by molar-refractivity contribution is 0.0729. The molecule has 0 N–H and O–H groups in total. The van der Waals surface area contributed by atoms with Gasteiger partial charge in [-0.15, -0.1) is 11.6 Å². The van der Waals surface area contributed by atoms with E-state index in [2.05, 4.69) is 15.9 Å². The van der Waals surface area contributed by atoms with Crippen LogP contribution in [0.1, 0.15) is 15.9 Å². The van der Waals surface area contributed by atoms with Gasteiger partial charge >= 0.3 is 11.6 Å². The molecule has 3 aromatic rings. The number of fused-ring (bicyclic) bond motifs is 1. The predicted molar refractivity (Wildman–Crippen MR) is 91.1 cm³/mol. The fourth-order valence-corrected chi connectivity index (χ4v) is 2.60. The summed E-state index contributed by atoms with van der Waals surface area (Å²) in [5.41, 5.74) is 0.0200. The van der Waals surface area contributed by atoms with Crippen molar-refractivity contribution >= 4 is 44.5 Å². The van der Waals surface area contributed by atoms with Crippen molar-refractivity contribution in [2.45, 2.75) is 5.88 Å². The van der Waals surface area contributed by atoms with Crippen LogP contribution in [0.3, 0.4) is 0 Å². The van der Waals surface area contributed by atoms with E-state index in [9.17, 15) is 14.0 Å². The number of hydrogen-bond donors (Lipinski definition) is 0. The van der Waals surface area contributed by atoms with E-state index >= 15 is 0 Å². The van der Waals surface area contributed by atoms with Crippen LogP contribution in [-0.2, 0) is 5.88 Å². The lowest BCUT2D eigenvalue weighted by atomic mass is 10.1. The second kappa shape index (κ2) is 6.75. The number of ether oxygens (including phenoxy) is 1. The Morgan fingerprint density at radius 3 is 2.75 bits per heavy atom. The van der Waals surface area contributed by atoms with Gasteiger partial charge in [-0.3, -0.25) is 0 Å². The van der Waals surface area contributed by atoms with E-state index in [4.69, 9.17) is 20.8 Å². The standard InChI is InChI=1S/C17H9BrClFO4/c18-13-3-2-11(20)7-15(13)24-17(22)12-6-10-5-9(8-19)1-4-14(10)23-16(12)21/h1-7H,8H2. The summed E-state index contributed by atoms with van der Waals surface area (Å²) in [7, 11) is 0. The third-order valence-corrected chi connectivity index (χ3v) is 4.23. The van der Waals surface area contributed by atoms with E-state index in [0.29, 0.717) is 15.4 Å². The molecule has 4 nitrogen and oxygen atoms in total. The number of benzene rings is 2. The topological polar surface area (TPSA) is 56.5 Å². The summed E-state index contributed by atoms with van der Waals surface area (Å²) in [5.74, 6) is -1.26. The van der Waals surface area contributed by atoms with E-state index in [1.165, 1.54) is 18.2 Å². The molecule has 122 valence electrons. The smallest absolute Gasteiger partial charge is 0.351 e. The Morgan fingerprint density at radius 1 is 1.21 bits per heavy atom. The highest BCUT2D eigenvalue weighted by Crippen LogP contribution is 2.26. The first kappa shape index (κ1) is 16.7. The molecule has 0 unspecified atom stereocenters. The molecule has 0 amide bonds. The molecule has 1 aromatic heterocycles. The van der Waals surface area contributed by atoms with Crippen LogP contribution in [0.25, 0.3) is 11.0 Å². The SMILES string of the molecule is O=C(Oc1cc(F)ccc1Br)c1cc2cc(CCl)ccc2oc1=O. The van der Waals surface area contributed by atoms with Crippen molar-refractivity contribution in [1.82, 2.24) is 0 Å². The zero-order valence-corrected chi connectivity index (χ0v) is 14.4. The molecule has 0 aliphatic heterocycles. The van der Waals surface area contributed by atoms with Gasteiger partial charge in [0.1, 0.15) is 22.7 Å². The van der Waals surface area contributed by atoms with Crippen molar-refractivity contribution in [3.8, 4) is 5.75 Å². The molecule has 0 spiro atoms. The van der Waals surface area contributed by atoms with Gasteiger partial charge < -0.3 is 9.15 Å². The lowest BCUT2D eigenvalue weighted by Gasteiger charge is -2.07. The fraction of sp³-hybridized carbons (Fsp3) is 0.0588. The maximum absolute atomic E-state index is 13.3. The second-order valence-electron chi connectivity index (χ2n) is 4.92. The number of halogens is 3. The highest BCUT2D eigenvalue weighted by atomic mass is 79.9. The Kier molecular flexibility index (Phi) is 4.69. The summed E-state index contributed by atoms with van der Waals surface area (Å²) < 4.78 is 23.9. The van der Waals surface area contributed by atoms with Gasteiger partial charge in [-0.05, 0) is 51.8 Å². The summed E-state index contributed by atoms with van der Waals surface area (Å²) in [6.07, 6.45) is 0. The summed E-state index contributed by atoms with van der Waals surface area (Å²) in [6.45, 7) is 0. The predicted octanol–water partition coefficient (Wildman–Crippen LogP) is 4.65. The van der Waals surface area contributed by atoms with Crippen LogP contribution in [-0.4, -0.2) is 5.97 Å². The van der Waals surface area contributed by atoms with E-state index in [0.717, 1.165) is 11.6 Å². The maximum atomic E-state index is 13.3. The van der Waals surface area contributed by atoms with Crippen molar-refractivity contribution in [3.05, 3.63) is 74.3 Å². The first-order valence-corrected chi connectivity index (χ1v) is 8.10. The molecule has 0 bridgehead atoms. The number of hydrogen-bond acceptors (Lipinski definition) is 4. The molecule has 2 aromatic carbocycles. The number of carbonyl (C=O) groups is 1. The number of alkyl halides is 1. The van der Waals surface area contributed by atoms with Gasteiger partial charge in [0.05, 0.1) is 4.47 Å². The summed E-state index contributed by atoms with van der Waals surface area (Å²) in [5, 5.41) is 0.540. The van der Waals surface area contributed by atoms with Crippen molar-refractivity contribution in [2.24, 2.45) is 0 Å². The third-order valence-electron chi connectivity index (χ3n) is 3.27. The van der Waals surface area contributed by atoms with Crippen LogP contribution in [0, 0.1) is 5.82 Å². The number of rotatable bonds is 3. The highest BCUT2D eigenvalue weighted by molar-refractivity contribution is 9.10. The average molecular weight is 412 g/mol. The van der Waals surface area contributed by atoms with Crippen LogP contribution in [0.2, 0.25) is 0 Å². The number of esters is 1. The van der Waals surface area contributed by atoms with Crippen molar-refractivity contribution in [1.29, 1.82) is 0 Å². The van der Waals surface area contributed by atoms with Crippen LogP contribution >= 0.6 is 27.5 Å². The van der Waals surface area contributed by atoms with E-state index in [1.54, 1.807) is 18.2 Å². The van der Waals surface area contributed by atoms with Crippen molar-refractivity contribution < 1.29 is 18.3 Å². The van der Waals surface area contributed by atoms with Crippen LogP contribution in [0.5, 0.6) is 5.75 Å². The Bertz CT molecular complexity index is 1000. The number of carbonyl (C=O) groups excluding carboxylic acids is 1. The normalized spacial score (nSPS) is 10.8.